The molecule has 2 nitrogen and oxygen atoms in total. The molecule has 1 heterocycles. The van der Waals surface area contributed by atoms with Crippen molar-refractivity contribution in [2.75, 3.05) is 6.61 Å². The van der Waals surface area contributed by atoms with Crippen molar-refractivity contribution in [1.29, 1.82) is 0 Å². The van der Waals surface area contributed by atoms with E-state index >= 15 is 0 Å². The summed E-state index contributed by atoms with van der Waals surface area (Å²) in [6.45, 7) is -0.0723. The summed E-state index contributed by atoms with van der Waals surface area (Å²) in [7, 11) is 0. The molecule has 3 rings (SSSR count). The maximum Gasteiger partial charge on any atom is 0.269 e. The van der Waals surface area contributed by atoms with Gasteiger partial charge in [0.2, 0.25) is 0 Å². The van der Waals surface area contributed by atoms with Crippen LogP contribution in [0.1, 0.15) is 5.56 Å². The molecule has 0 fully saturated rings. The van der Waals surface area contributed by atoms with E-state index in [1.807, 2.05) is 18.2 Å². The Bertz CT molecular complexity index is 546. The van der Waals surface area contributed by atoms with Gasteiger partial charge in [-0.2, -0.15) is 0 Å². The Hall–Kier alpha value is -1.68. The number of para-hydroxylation sites is 1. The Labute approximate surface area is 103 Å². The van der Waals surface area contributed by atoms with Crippen molar-refractivity contribution in [2.24, 2.45) is 5.92 Å². The summed E-state index contributed by atoms with van der Waals surface area (Å²) in [5.41, 5.74) is 1.56. The maximum absolute atomic E-state index is 14.0. The molecule has 0 amide bonds. The van der Waals surface area contributed by atoms with Crippen molar-refractivity contribution in [1.82, 2.24) is 0 Å². The van der Waals surface area contributed by atoms with Crippen molar-refractivity contribution in [3.8, 4) is 5.75 Å². The van der Waals surface area contributed by atoms with Crippen LogP contribution in [0, 0.1) is 5.92 Å². The number of benzene rings is 1. The molecule has 2 aliphatic rings. The Balaban J connectivity index is 2.03. The highest BCUT2D eigenvalue weighted by molar-refractivity contribution is 5.42. The monoisotopic (exact) mass is 250 g/mol. The summed E-state index contributed by atoms with van der Waals surface area (Å²) in [6, 6.07) is 7.35. The molecular formula is C14H12F2O2. The lowest BCUT2D eigenvalue weighted by atomic mass is 9.84. The van der Waals surface area contributed by atoms with Crippen molar-refractivity contribution < 1.29 is 18.6 Å². The van der Waals surface area contributed by atoms with E-state index in [2.05, 4.69) is 0 Å². The highest BCUT2D eigenvalue weighted by atomic mass is 19.2. The quantitative estimate of drug-likeness (QED) is 0.767. The molecule has 1 aromatic carbocycles. The van der Waals surface area contributed by atoms with Gasteiger partial charge in [-0.1, -0.05) is 29.8 Å². The van der Waals surface area contributed by atoms with E-state index in [-0.39, 0.29) is 6.61 Å². The van der Waals surface area contributed by atoms with Crippen LogP contribution in [0.2, 0.25) is 0 Å². The van der Waals surface area contributed by atoms with Crippen molar-refractivity contribution in [2.45, 2.75) is 12.3 Å². The van der Waals surface area contributed by atoms with Crippen LogP contribution in [-0.2, 0) is 6.42 Å². The van der Waals surface area contributed by atoms with E-state index in [9.17, 15) is 13.9 Å². The molecule has 1 aliphatic carbocycles. The van der Waals surface area contributed by atoms with Gasteiger partial charge in [0.05, 0.1) is 5.92 Å². The third-order valence-corrected chi connectivity index (χ3v) is 3.46. The molecule has 1 N–H and O–H groups in total. The molecule has 4 heteroatoms. The number of allylic oxidation sites excluding steroid dienone is 2. The number of aliphatic hydroxyl groups is 1. The summed E-state index contributed by atoms with van der Waals surface area (Å²) in [6.07, 6.45) is 2.97. The van der Waals surface area contributed by atoms with Gasteiger partial charge in [0.15, 0.2) is 5.83 Å². The molecule has 0 bridgehead atoms. The predicted octanol–water partition coefficient (Wildman–Crippen LogP) is 2.69. The second-order valence-corrected chi connectivity index (χ2v) is 4.58. The highest BCUT2D eigenvalue weighted by Crippen LogP contribution is 2.41. The van der Waals surface area contributed by atoms with Gasteiger partial charge in [0, 0.05) is 0 Å². The van der Waals surface area contributed by atoms with E-state index < -0.39 is 17.6 Å². The largest absolute Gasteiger partial charge is 0.492 e. The Morgan fingerprint density at radius 3 is 2.89 bits per heavy atom. The van der Waals surface area contributed by atoms with Crippen LogP contribution in [0.3, 0.4) is 0 Å². The molecule has 1 aliphatic heterocycles. The number of ether oxygens (including phenoxy) is 1. The molecule has 94 valence electrons. The molecule has 0 saturated heterocycles. The smallest absolute Gasteiger partial charge is 0.269 e. The zero-order chi connectivity index (χ0) is 12.8. The topological polar surface area (TPSA) is 29.5 Å². The molecule has 0 radical (unpaired) electrons. The fourth-order valence-electron chi connectivity index (χ4n) is 2.41. The number of fused-ring (bicyclic) bond motifs is 2. The Kier molecular flexibility index (Phi) is 2.48. The van der Waals surface area contributed by atoms with Gasteiger partial charge in [0.1, 0.15) is 12.4 Å². The zero-order valence-electron chi connectivity index (χ0n) is 9.57. The summed E-state index contributed by atoms with van der Waals surface area (Å²) in [5.74, 6) is -4.46. The van der Waals surface area contributed by atoms with Gasteiger partial charge in [-0.15, -0.1) is 0 Å². The maximum atomic E-state index is 14.0. The number of hydrogen-bond donors (Lipinski definition) is 1. The van der Waals surface area contributed by atoms with Gasteiger partial charge in [-0.25, -0.2) is 8.78 Å². The van der Waals surface area contributed by atoms with Crippen LogP contribution in [0.5, 0.6) is 5.75 Å². The van der Waals surface area contributed by atoms with Crippen LogP contribution in [0.15, 0.2) is 47.8 Å². The van der Waals surface area contributed by atoms with Crippen LogP contribution < -0.4 is 4.74 Å². The predicted molar refractivity (Wildman–Crippen MR) is 62.5 cm³/mol. The van der Waals surface area contributed by atoms with E-state index in [1.54, 1.807) is 6.07 Å². The lowest BCUT2D eigenvalue weighted by Crippen LogP contribution is -2.40. The van der Waals surface area contributed by atoms with E-state index in [0.717, 1.165) is 11.6 Å². The van der Waals surface area contributed by atoms with E-state index in [1.165, 1.54) is 6.08 Å². The third-order valence-electron chi connectivity index (χ3n) is 3.46. The second kappa shape index (κ2) is 3.92. The average Bonchev–Trinajstić information content (AvgIpc) is 2.54. The molecule has 0 spiro atoms. The molecule has 1 aromatic rings. The number of hydrogen-bond acceptors (Lipinski definition) is 2. The normalized spacial score (nSPS) is 30.3. The minimum absolute atomic E-state index is 0.0723. The summed E-state index contributed by atoms with van der Waals surface area (Å²) in [5, 5.41) is 9.61. The lowest BCUT2D eigenvalue weighted by molar-refractivity contribution is -0.116. The Morgan fingerprint density at radius 2 is 2.06 bits per heavy atom. The minimum Gasteiger partial charge on any atom is -0.492 e. The summed E-state index contributed by atoms with van der Waals surface area (Å²) >= 11 is 0. The van der Waals surface area contributed by atoms with Crippen molar-refractivity contribution in [3.05, 3.63) is 53.4 Å². The second-order valence-electron chi connectivity index (χ2n) is 4.58. The summed E-state index contributed by atoms with van der Waals surface area (Å²) in [4.78, 5) is 0. The van der Waals surface area contributed by atoms with Crippen LogP contribution in [0.25, 0.3) is 0 Å². The molecular weight excluding hydrogens is 238 g/mol. The van der Waals surface area contributed by atoms with E-state index in [0.29, 0.717) is 17.7 Å². The first-order valence-electron chi connectivity index (χ1n) is 5.78. The zero-order valence-corrected chi connectivity index (χ0v) is 9.57. The molecule has 0 aromatic heterocycles. The third kappa shape index (κ3) is 1.64. The molecule has 2 atom stereocenters. The average molecular weight is 250 g/mol. The summed E-state index contributed by atoms with van der Waals surface area (Å²) < 4.78 is 32.8. The van der Waals surface area contributed by atoms with Crippen LogP contribution in [0.4, 0.5) is 8.78 Å². The van der Waals surface area contributed by atoms with Crippen LogP contribution >= 0.6 is 0 Å². The molecule has 18 heavy (non-hydrogen) atoms. The first-order chi connectivity index (χ1) is 8.59. The molecule has 0 saturated carbocycles. The van der Waals surface area contributed by atoms with Gasteiger partial charge >= 0.3 is 0 Å². The van der Waals surface area contributed by atoms with Crippen LogP contribution in [-0.4, -0.2) is 17.6 Å². The number of halogens is 2. The number of alkyl halides is 1. The fraction of sp³-hybridized carbons (Fsp3) is 0.286. The first-order valence-corrected chi connectivity index (χ1v) is 5.78. The number of rotatable bonds is 0. The highest BCUT2D eigenvalue weighted by Gasteiger charge is 2.46. The van der Waals surface area contributed by atoms with Gasteiger partial charge in [-0.05, 0) is 24.1 Å². The molecule has 2 unspecified atom stereocenters. The van der Waals surface area contributed by atoms with Gasteiger partial charge in [-0.3, -0.25) is 0 Å². The van der Waals surface area contributed by atoms with Crippen molar-refractivity contribution in [3.63, 3.8) is 0 Å². The van der Waals surface area contributed by atoms with Gasteiger partial charge < -0.3 is 9.84 Å². The lowest BCUT2D eigenvalue weighted by Gasteiger charge is -2.30. The Morgan fingerprint density at radius 1 is 1.28 bits per heavy atom. The first kappa shape index (κ1) is 11.4. The van der Waals surface area contributed by atoms with Crippen molar-refractivity contribution >= 4 is 0 Å². The van der Waals surface area contributed by atoms with Gasteiger partial charge in [0.25, 0.3) is 5.85 Å². The fourth-order valence-corrected chi connectivity index (χ4v) is 2.41. The standard InChI is InChI=1S/C14H12F2O2/c15-13-6-5-9-7-10-3-1-2-4-12(10)18-8-11(9)14(13,16)17/h1-6,11,17H,7-8H2. The minimum atomic E-state index is -2.97. The SMILES string of the molecule is OC1(F)C(F)=CC=C2Cc3ccccc3OCC21. The van der Waals surface area contributed by atoms with E-state index in [4.69, 9.17) is 4.74 Å².